The number of aliphatic hydroxyl groups is 1. The van der Waals surface area contributed by atoms with Crippen LogP contribution in [0.2, 0.25) is 5.02 Å². The summed E-state index contributed by atoms with van der Waals surface area (Å²) in [6.07, 6.45) is 1.20. The van der Waals surface area contributed by atoms with E-state index < -0.39 is 41.5 Å². The Balaban J connectivity index is 1.75. The summed E-state index contributed by atoms with van der Waals surface area (Å²) in [7, 11) is 0. The van der Waals surface area contributed by atoms with Gasteiger partial charge < -0.3 is 25.4 Å². The summed E-state index contributed by atoms with van der Waals surface area (Å²) in [5, 5.41) is 16.6. The van der Waals surface area contributed by atoms with Gasteiger partial charge in [-0.3, -0.25) is 14.4 Å². The molecule has 0 radical (unpaired) electrons. The van der Waals surface area contributed by atoms with Gasteiger partial charge in [-0.15, -0.1) is 0 Å². The Hall–Kier alpha value is -1.68. The van der Waals surface area contributed by atoms with E-state index in [0.29, 0.717) is 30.1 Å². The van der Waals surface area contributed by atoms with E-state index in [0.717, 1.165) is 6.42 Å². The Kier molecular flexibility index (Phi) is 7.81. The van der Waals surface area contributed by atoms with Gasteiger partial charge in [0.1, 0.15) is 11.6 Å². The number of nitrogens with zero attached hydrogens (tertiary/aromatic N) is 1. The zero-order valence-corrected chi connectivity index (χ0v) is 22.5. The molecule has 3 aliphatic rings. The van der Waals surface area contributed by atoms with Gasteiger partial charge in [0, 0.05) is 22.1 Å². The third-order valence-corrected chi connectivity index (χ3v) is 8.38. The van der Waals surface area contributed by atoms with Crippen LogP contribution < -0.4 is 10.6 Å². The lowest BCUT2D eigenvalue weighted by Crippen LogP contribution is -2.57. The van der Waals surface area contributed by atoms with E-state index >= 15 is 0 Å². The summed E-state index contributed by atoms with van der Waals surface area (Å²) in [5.41, 5.74) is -0.623. The smallest absolute Gasteiger partial charge is 0.250 e. The average Bonchev–Trinajstić information content (AvgIpc) is 3.40. The lowest BCUT2D eigenvalue weighted by atomic mass is 9.70. The van der Waals surface area contributed by atoms with E-state index in [4.69, 9.17) is 16.3 Å². The van der Waals surface area contributed by atoms with Gasteiger partial charge >= 0.3 is 0 Å². The minimum Gasteiger partial charge on any atom is -0.394 e. The van der Waals surface area contributed by atoms with Gasteiger partial charge in [-0.05, 0) is 49.4 Å². The highest BCUT2D eigenvalue weighted by Crippen LogP contribution is 2.60. The van der Waals surface area contributed by atoms with Gasteiger partial charge in [0.25, 0.3) is 0 Å². The van der Waals surface area contributed by atoms with Crippen LogP contribution in [0.4, 0.5) is 5.69 Å². The molecule has 10 heteroatoms. The average molecular weight is 571 g/mol. The van der Waals surface area contributed by atoms with Crippen LogP contribution in [0.3, 0.4) is 0 Å². The summed E-state index contributed by atoms with van der Waals surface area (Å²) in [5.74, 6) is -2.26. The molecule has 1 aromatic rings. The molecule has 3 N–H and O–H groups in total. The molecule has 1 spiro atoms. The van der Waals surface area contributed by atoms with Crippen LogP contribution >= 0.6 is 27.5 Å². The van der Waals surface area contributed by atoms with Gasteiger partial charge in [-0.2, -0.15) is 0 Å². The van der Waals surface area contributed by atoms with Gasteiger partial charge in [0.05, 0.1) is 30.6 Å². The lowest BCUT2D eigenvalue weighted by molar-refractivity contribution is -0.144. The molecule has 3 saturated heterocycles. The van der Waals surface area contributed by atoms with Crippen molar-refractivity contribution in [2.45, 2.75) is 68.6 Å². The maximum Gasteiger partial charge on any atom is 0.250 e. The number of carbonyl (C=O) groups is 3. The standard InChI is InChI=1S/C25H33BrClN3O5/c1-4-9-28-22(32)18-19-24(34)30(16(12-31)10-13(2)3)21(25(19)11-17(26)20(18)35-25)23(33)29-15-7-5-14(27)6-8-15/h5-8,13,16-21,31H,4,9-12H2,1-3H3,(H,28,32)(H,29,33)/t16-,17?,18+,19+,20+,21?,25?/m1/s1. The number of amides is 3. The summed E-state index contributed by atoms with van der Waals surface area (Å²) in [6.45, 7) is 6.18. The topological polar surface area (TPSA) is 108 Å². The molecular formula is C25H33BrClN3O5. The second kappa shape index (κ2) is 10.4. The SMILES string of the molecule is CCCNC(=O)[C@H]1[C@H]2C(=O)N([C@@H](CO)CC(C)C)C(C(=O)Nc3ccc(Cl)cc3)C23CC(Br)[C@@H]1O3. The number of hydrogen-bond acceptors (Lipinski definition) is 5. The van der Waals surface area contributed by atoms with Crippen LogP contribution in [0.25, 0.3) is 0 Å². The van der Waals surface area contributed by atoms with E-state index in [1.165, 1.54) is 4.90 Å². The van der Waals surface area contributed by atoms with E-state index in [-0.39, 0.29) is 29.2 Å². The molecule has 1 aromatic carbocycles. The Morgan fingerprint density at radius 2 is 1.97 bits per heavy atom. The number of alkyl halides is 1. The largest absolute Gasteiger partial charge is 0.394 e. The first-order valence-corrected chi connectivity index (χ1v) is 13.5. The van der Waals surface area contributed by atoms with Crippen LogP contribution in [0.5, 0.6) is 0 Å². The second-order valence-electron chi connectivity index (χ2n) is 10.2. The molecule has 0 saturated carbocycles. The molecule has 0 aromatic heterocycles. The summed E-state index contributed by atoms with van der Waals surface area (Å²) < 4.78 is 6.47. The first-order valence-electron chi connectivity index (χ1n) is 12.2. The van der Waals surface area contributed by atoms with Gasteiger partial charge in [0.2, 0.25) is 17.7 Å². The van der Waals surface area contributed by atoms with Crippen LogP contribution in [0.1, 0.15) is 40.0 Å². The molecule has 8 nitrogen and oxygen atoms in total. The van der Waals surface area contributed by atoms with Crippen molar-refractivity contribution in [3.05, 3.63) is 29.3 Å². The number of halogens is 2. The van der Waals surface area contributed by atoms with E-state index in [9.17, 15) is 19.5 Å². The molecule has 0 aliphatic carbocycles. The van der Waals surface area contributed by atoms with E-state index in [2.05, 4.69) is 26.6 Å². The van der Waals surface area contributed by atoms with Gasteiger partial charge in [-0.1, -0.05) is 48.3 Å². The zero-order chi connectivity index (χ0) is 25.5. The number of fused-ring (bicyclic) bond motifs is 1. The molecule has 7 atom stereocenters. The number of ether oxygens (including phenoxy) is 1. The fraction of sp³-hybridized carbons (Fsp3) is 0.640. The first-order chi connectivity index (χ1) is 16.6. The predicted molar refractivity (Wildman–Crippen MR) is 136 cm³/mol. The van der Waals surface area contributed by atoms with Crippen molar-refractivity contribution >= 4 is 50.9 Å². The number of aliphatic hydroxyl groups excluding tert-OH is 1. The highest BCUT2D eigenvalue weighted by molar-refractivity contribution is 9.09. The number of anilines is 1. The molecule has 3 fully saturated rings. The van der Waals surface area contributed by atoms with Crippen molar-refractivity contribution in [3.63, 3.8) is 0 Å². The Bertz CT molecular complexity index is 976. The molecular weight excluding hydrogens is 538 g/mol. The fourth-order valence-electron chi connectivity index (χ4n) is 5.99. The number of hydrogen-bond donors (Lipinski definition) is 3. The molecule has 3 unspecified atom stereocenters. The Morgan fingerprint density at radius 3 is 2.57 bits per heavy atom. The fourth-order valence-corrected chi connectivity index (χ4v) is 7.06. The number of likely N-dealkylation sites (tertiary alicyclic amines) is 1. The quantitative estimate of drug-likeness (QED) is 0.396. The molecule has 4 rings (SSSR count). The number of nitrogens with one attached hydrogen (secondary N) is 2. The minimum atomic E-state index is -1.16. The maximum atomic E-state index is 14.0. The maximum absolute atomic E-state index is 14.0. The van der Waals surface area contributed by atoms with Crippen molar-refractivity contribution in [2.75, 3.05) is 18.5 Å². The molecule has 2 bridgehead atoms. The number of benzene rings is 1. The van der Waals surface area contributed by atoms with E-state index in [1.807, 2.05) is 20.8 Å². The summed E-state index contributed by atoms with van der Waals surface area (Å²) >= 11 is 9.65. The van der Waals surface area contributed by atoms with Crippen LogP contribution in [0, 0.1) is 17.8 Å². The third-order valence-electron chi connectivity index (χ3n) is 7.29. The van der Waals surface area contributed by atoms with Crippen LogP contribution in [-0.2, 0) is 19.1 Å². The van der Waals surface area contributed by atoms with Crippen molar-refractivity contribution < 1.29 is 24.2 Å². The van der Waals surface area contributed by atoms with Crippen molar-refractivity contribution in [3.8, 4) is 0 Å². The van der Waals surface area contributed by atoms with E-state index in [1.54, 1.807) is 24.3 Å². The zero-order valence-electron chi connectivity index (χ0n) is 20.2. The van der Waals surface area contributed by atoms with Gasteiger partial charge in [0.15, 0.2) is 0 Å². The highest BCUT2D eigenvalue weighted by Gasteiger charge is 2.77. The summed E-state index contributed by atoms with van der Waals surface area (Å²) in [4.78, 5) is 42.4. The summed E-state index contributed by atoms with van der Waals surface area (Å²) in [6, 6.07) is 5.17. The Labute approximate surface area is 219 Å². The number of carbonyl (C=O) groups excluding carboxylic acids is 3. The van der Waals surface area contributed by atoms with Gasteiger partial charge in [-0.25, -0.2) is 0 Å². The number of rotatable bonds is 9. The monoisotopic (exact) mass is 569 g/mol. The minimum absolute atomic E-state index is 0.174. The first kappa shape index (κ1) is 26.4. The molecule has 3 amide bonds. The highest BCUT2D eigenvalue weighted by atomic mass is 79.9. The van der Waals surface area contributed by atoms with Crippen LogP contribution in [-0.4, -0.2) is 69.5 Å². The predicted octanol–water partition coefficient (Wildman–Crippen LogP) is 2.96. The normalized spacial score (nSPS) is 32.1. The Morgan fingerprint density at radius 1 is 1.29 bits per heavy atom. The van der Waals surface area contributed by atoms with Crippen LogP contribution in [0.15, 0.2) is 24.3 Å². The van der Waals surface area contributed by atoms with Crippen molar-refractivity contribution in [1.29, 1.82) is 0 Å². The second-order valence-corrected chi connectivity index (χ2v) is 11.8. The van der Waals surface area contributed by atoms with Crippen molar-refractivity contribution in [2.24, 2.45) is 17.8 Å². The molecule has 35 heavy (non-hydrogen) atoms. The molecule has 3 heterocycles. The molecule has 3 aliphatic heterocycles. The molecule has 192 valence electrons. The third kappa shape index (κ3) is 4.61. The van der Waals surface area contributed by atoms with Crippen molar-refractivity contribution in [1.82, 2.24) is 10.2 Å². The lowest BCUT2D eigenvalue weighted by Gasteiger charge is -2.37.